The van der Waals surface area contributed by atoms with E-state index in [4.69, 9.17) is 19.9 Å². The lowest BCUT2D eigenvalue weighted by molar-refractivity contribution is 0.258. The van der Waals surface area contributed by atoms with E-state index in [0.717, 1.165) is 30.9 Å². The summed E-state index contributed by atoms with van der Waals surface area (Å²) < 4.78 is 16.3. The van der Waals surface area contributed by atoms with Gasteiger partial charge in [-0.15, -0.1) is 0 Å². The normalized spacial score (nSPS) is 10.7. The van der Waals surface area contributed by atoms with Crippen LogP contribution >= 0.6 is 0 Å². The molecule has 24 heavy (non-hydrogen) atoms. The maximum atomic E-state index is 5.79. The highest BCUT2D eigenvalue weighted by Crippen LogP contribution is 2.35. The largest absolute Gasteiger partial charge is 0.496 e. The van der Waals surface area contributed by atoms with Gasteiger partial charge in [-0.3, -0.25) is 4.90 Å². The first-order valence-electron chi connectivity index (χ1n) is 7.97. The number of hydrogen-bond donors (Lipinski definition) is 1. The third kappa shape index (κ3) is 4.63. The Bertz CT molecular complexity index is 632. The van der Waals surface area contributed by atoms with E-state index in [2.05, 4.69) is 17.0 Å². The summed E-state index contributed by atoms with van der Waals surface area (Å²) in [5.74, 6) is 2.13. The third-order valence-corrected chi connectivity index (χ3v) is 3.87. The molecule has 0 aliphatic rings. The minimum atomic E-state index is 0.600. The Balaban J connectivity index is 2.24. The molecule has 5 heteroatoms. The number of rotatable bonds is 9. The highest BCUT2D eigenvalue weighted by Gasteiger charge is 2.15. The number of nitrogens with zero attached hydrogens (tertiary/aromatic N) is 1. The second-order valence-electron chi connectivity index (χ2n) is 5.50. The molecule has 0 fully saturated rings. The summed E-state index contributed by atoms with van der Waals surface area (Å²) in [6.45, 7) is 2.94. The van der Waals surface area contributed by atoms with E-state index >= 15 is 0 Å². The second-order valence-corrected chi connectivity index (χ2v) is 5.50. The van der Waals surface area contributed by atoms with Gasteiger partial charge in [-0.2, -0.15) is 0 Å². The first-order chi connectivity index (χ1) is 11.7. The van der Waals surface area contributed by atoms with Crippen molar-refractivity contribution in [2.75, 3.05) is 34.4 Å². The Hall–Kier alpha value is -2.24. The molecule has 0 radical (unpaired) electrons. The van der Waals surface area contributed by atoms with Gasteiger partial charge in [0.05, 0.1) is 21.3 Å². The average Bonchev–Trinajstić information content (AvgIpc) is 2.62. The molecular formula is C19H26N2O3. The monoisotopic (exact) mass is 330 g/mol. The van der Waals surface area contributed by atoms with Crippen LogP contribution in [0.5, 0.6) is 17.2 Å². The van der Waals surface area contributed by atoms with E-state index in [1.54, 1.807) is 21.3 Å². The maximum absolute atomic E-state index is 5.79. The van der Waals surface area contributed by atoms with E-state index in [0.29, 0.717) is 18.0 Å². The molecular weight excluding hydrogens is 304 g/mol. The van der Waals surface area contributed by atoms with Crippen molar-refractivity contribution in [3.05, 3.63) is 53.6 Å². The molecule has 0 aliphatic heterocycles. The minimum absolute atomic E-state index is 0.600. The Morgan fingerprint density at radius 2 is 1.46 bits per heavy atom. The molecule has 0 spiro atoms. The fraction of sp³-hybridized carbons (Fsp3) is 0.368. The van der Waals surface area contributed by atoms with Crippen LogP contribution in [-0.4, -0.2) is 39.3 Å². The molecule has 0 atom stereocenters. The van der Waals surface area contributed by atoms with Crippen molar-refractivity contribution in [3.8, 4) is 17.2 Å². The summed E-state index contributed by atoms with van der Waals surface area (Å²) in [5, 5.41) is 0. The number of benzene rings is 2. The Morgan fingerprint density at radius 3 is 2.04 bits per heavy atom. The predicted octanol–water partition coefficient (Wildman–Crippen LogP) is 2.67. The maximum Gasteiger partial charge on any atom is 0.164 e. The zero-order chi connectivity index (χ0) is 17.4. The Kier molecular flexibility index (Phi) is 6.90. The van der Waals surface area contributed by atoms with Gasteiger partial charge in [0.25, 0.3) is 0 Å². The number of hydrogen-bond acceptors (Lipinski definition) is 5. The predicted molar refractivity (Wildman–Crippen MR) is 95.7 cm³/mol. The summed E-state index contributed by atoms with van der Waals surface area (Å²) in [6, 6.07) is 14.2. The van der Waals surface area contributed by atoms with Gasteiger partial charge in [-0.1, -0.05) is 30.3 Å². The topological polar surface area (TPSA) is 57.0 Å². The van der Waals surface area contributed by atoms with Crippen LogP contribution in [-0.2, 0) is 13.1 Å². The molecule has 5 nitrogen and oxygen atoms in total. The van der Waals surface area contributed by atoms with E-state index in [1.165, 1.54) is 5.56 Å². The van der Waals surface area contributed by atoms with Crippen LogP contribution < -0.4 is 19.9 Å². The molecule has 2 aromatic carbocycles. The van der Waals surface area contributed by atoms with E-state index < -0.39 is 0 Å². The molecule has 2 rings (SSSR count). The lowest BCUT2D eigenvalue weighted by Crippen LogP contribution is -2.29. The van der Waals surface area contributed by atoms with Crippen molar-refractivity contribution in [3.63, 3.8) is 0 Å². The Labute approximate surface area is 143 Å². The van der Waals surface area contributed by atoms with Crippen LogP contribution in [0.2, 0.25) is 0 Å². The van der Waals surface area contributed by atoms with E-state index in [1.807, 2.05) is 30.3 Å². The third-order valence-electron chi connectivity index (χ3n) is 3.87. The van der Waals surface area contributed by atoms with Gasteiger partial charge in [0.1, 0.15) is 5.75 Å². The van der Waals surface area contributed by atoms with Crippen molar-refractivity contribution in [2.24, 2.45) is 5.73 Å². The summed E-state index contributed by atoms with van der Waals surface area (Å²) in [7, 11) is 4.91. The van der Waals surface area contributed by atoms with Gasteiger partial charge in [0.15, 0.2) is 11.5 Å². The van der Waals surface area contributed by atoms with Crippen LogP contribution in [0.4, 0.5) is 0 Å². The van der Waals surface area contributed by atoms with Crippen LogP contribution in [0.25, 0.3) is 0 Å². The quantitative estimate of drug-likeness (QED) is 0.766. The number of ether oxygens (including phenoxy) is 3. The molecule has 0 saturated carbocycles. The molecule has 0 bridgehead atoms. The standard InChI is InChI=1S/C19H26N2O3/c1-22-17-12-19(24-3)18(23-2)11-16(17)14-21(10-9-20)13-15-7-5-4-6-8-15/h4-8,11-12H,9-10,13-14,20H2,1-3H3. The average molecular weight is 330 g/mol. The lowest BCUT2D eigenvalue weighted by atomic mass is 10.1. The molecule has 0 aromatic heterocycles. The number of methoxy groups -OCH3 is 3. The van der Waals surface area contributed by atoms with Gasteiger partial charge >= 0.3 is 0 Å². The molecule has 2 aromatic rings. The van der Waals surface area contributed by atoms with Crippen molar-refractivity contribution < 1.29 is 14.2 Å². The summed E-state index contributed by atoms with van der Waals surface area (Å²) >= 11 is 0. The van der Waals surface area contributed by atoms with Gasteiger partial charge in [0, 0.05) is 37.8 Å². The van der Waals surface area contributed by atoms with Crippen LogP contribution in [0.15, 0.2) is 42.5 Å². The van der Waals surface area contributed by atoms with Crippen molar-refractivity contribution in [1.29, 1.82) is 0 Å². The van der Waals surface area contributed by atoms with Crippen LogP contribution in [0.1, 0.15) is 11.1 Å². The van der Waals surface area contributed by atoms with Crippen molar-refractivity contribution >= 4 is 0 Å². The highest BCUT2D eigenvalue weighted by atomic mass is 16.5. The zero-order valence-electron chi connectivity index (χ0n) is 14.6. The first kappa shape index (κ1) is 18.1. The van der Waals surface area contributed by atoms with Gasteiger partial charge in [-0.05, 0) is 11.6 Å². The van der Waals surface area contributed by atoms with E-state index in [9.17, 15) is 0 Å². The molecule has 0 aliphatic carbocycles. The molecule has 2 N–H and O–H groups in total. The van der Waals surface area contributed by atoms with Gasteiger partial charge < -0.3 is 19.9 Å². The SMILES string of the molecule is COc1cc(OC)c(OC)cc1CN(CCN)Cc1ccccc1. The van der Waals surface area contributed by atoms with Crippen molar-refractivity contribution in [1.82, 2.24) is 4.90 Å². The minimum Gasteiger partial charge on any atom is -0.496 e. The van der Waals surface area contributed by atoms with Gasteiger partial charge in [0.2, 0.25) is 0 Å². The summed E-state index contributed by atoms with van der Waals surface area (Å²) in [5.41, 5.74) is 8.09. The highest BCUT2D eigenvalue weighted by molar-refractivity contribution is 5.50. The zero-order valence-corrected chi connectivity index (χ0v) is 14.6. The first-order valence-corrected chi connectivity index (χ1v) is 7.97. The summed E-state index contributed by atoms with van der Waals surface area (Å²) in [4.78, 5) is 2.29. The molecule has 130 valence electrons. The van der Waals surface area contributed by atoms with Crippen molar-refractivity contribution in [2.45, 2.75) is 13.1 Å². The van der Waals surface area contributed by atoms with Crippen LogP contribution in [0, 0.1) is 0 Å². The fourth-order valence-electron chi connectivity index (χ4n) is 2.70. The molecule has 0 amide bonds. The van der Waals surface area contributed by atoms with Gasteiger partial charge in [-0.25, -0.2) is 0 Å². The van der Waals surface area contributed by atoms with E-state index in [-0.39, 0.29) is 0 Å². The molecule has 0 unspecified atom stereocenters. The smallest absolute Gasteiger partial charge is 0.164 e. The molecule has 0 heterocycles. The summed E-state index contributed by atoms with van der Waals surface area (Å²) in [6.07, 6.45) is 0. The van der Waals surface area contributed by atoms with Crippen LogP contribution in [0.3, 0.4) is 0 Å². The lowest BCUT2D eigenvalue weighted by Gasteiger charge is -2.23. The number of nitrogens with two attached hydrogens (primary N) is 1. The molecule has 0 saturated heterocycles. The fourth-order valence-corrected chi connectivity index (χ4v) is 2.70. The second kappa shape index (κ2) is 9.15. The Morgan fingerprint density at radius 1 is 0.833 bits per heavy atom.